The van der Waals surface area contributed by atoms with Crippen molar-refractivity contribution in [1.82, 2.24) is 10.3 Å². The average Bonchev–Trinajstić information content (AvgIpc) is 2.88. The lowest BCUT2D eigenvalue weighted by atomic mass is 9.83. The molecule has 1 aromatic carbocycles. The first-order chi connectivity index (χ1) is 9.04. The highest BCUT2D eigenvalue weighted by Gasteiger charge is 2.36. The number of benzene rings is 1. The Balaban J connectivity index is 2.55. The van der Waals surface area contributed by atoms with E-state index in [-0.39, 0.29) is 11.6 Å². The number of hydrogen-bond acceptors (Lipinski definition) is 4. The first kappa shape index (κ1) is 14.5. The summed E-state index contributed by atoms with van der Waals surface area (Å²) < 4.78 is 1.33. The molecule has 0 saturated heterocycles. The van der Waals surface area contributed by atoms with Gasteiger partial charge in [0.15, 0.2) is 0 Å². The van der Waals surface area contributed by atoms with Gasteiger partial charge in [-0.15, -0.1) is 11.3 Å². The quantitative estimate of drug-likeness (QED) is 0.651. The third-order valence-electron chi connectivity index (χ3n) is 4.35. The molecule has 2 rings (SSSR count). The first-order valence-electron chi connectivity index (χ1n) is 6.64. The van der Waals surface area contributed by atoms with Crippen LogP contribution in [0.2, 0.25) is 0 Å². The van der Waals surface area contributed by atoms with E-state index in [1.807, 2.05) is 0 Å². The van der Waals surface area contributed by atoms with Gasteiger partial charge in [0.05, 0.1) is 6.04 Å². The Bertz CT molecular complexity index is 549. The molecule has 4 heteroatoms. The second-order valence-electron chi connectivity index (χ2n) is 5.39. The van der Waals surface area contributed by atoms with Crippen LogP contribution in [-0.4, -0.2) is 24.5 Å². The molecule has 2 aromatic rings. The van der Waals surface area contributed by atoms with Gasteiger partial charge in [0, 0.05) is 10.2 Å². The second-order valence-corrected chi connectivity index (χ2v) is 6.31. The maximum absolute atomic E-state index is 5.89. The van der Waals surface area contributed by atoms with Crippen LogP contribution in [0.5, 0.6) is 0 Å². The fourth-order valence-corrected chi connectivity index (χ4v) is 3.57. The van der Waals surface area contributed by atoms with E-state index in [0.29, 0.717) is 0 Å². The number of nitrogens with one attached hydrogen (secondary N) is 1. The Morgan fingerprint density at radius 2 is 2.11 bits per heavy atom. The van der Waals surface area contributed by atoms with Crippen LogP contribution in [0, 0.1) is 0 Å². The Labute approximate surface area is 119 Å². The van der Waals surface area contributed by atoms with Crippen LogP contribution < -0.4 is 11.3 Å². The van der Waals surface area contributed by atoms with Crippen LogP contribution in [0.3, 0.4) is 0 Å². The molecule has 0 amide bonds. The monoisotopic (exact) mass is 277 g/mol. The minimum absolute atomic E-state index is 0.0208. The third kappa shape index (κ3) is 2.41. The number of nitrogens with two attached hydrogens (primary N) is 1. The molecule has 0 radical (unpaired) electrons. The van der Waals surface area contributed by atoms with Crippen molar-refractivity contribution >= 4 is 21.4 Å². The summed E-state index contributed by atoms with van der Waals surface area (Å²) in [5, 5.41) is 3.43. The molecule has 1 aromatic heterocycles. The molecule has 2 unspecified atom stereocenters. The van der Waals surface area contributed by atoms with Crippen molar-refractivity contribution in [3.63, 3.8) is 0 Å². The van der Waals surface area contributed by atoms with E-state index in [9.17, 15) is 0 Å². The highest BCUT2D eigenvalue weighted by Crippen LogP contribution is 2.37. The number of likely N-dealkylation sites (N-methyl/N-ethyl adjacent to an activating group) is 1. The predicted molar refractivity (Wildman–Crippen MR) is 84.3 cm³/mol. The SMILES string of the molecule is CCC(C)(C(NN)c1cccc2ccsc12)N(C)C. The first-order valence-corrected chi connectivity index (χ1v) is 7.52. The zero-order chi connectivity index (χ0) is 14.0. The standard InChI is InChI=1S/C15H23N3S/c1-5-15(2,18(3)4)14(17-16)12-8-6-7-11-9-10-19-13(11)12/h6-10,14,17H,5,16H2,1-4H3. The zero-order valence-corrected chi connectivity index (χ0v) is 12.9. The van der Waals surface area contributed by atoms with Crippen molar-refractivity contribution in [3.05, 3.63) is 35.2 Å². The highest BCUT2D eigenvalue weighted by atomic mass is 32.1. The Hall–Kier alpha value is -0.940. The summed E-state index contributed by atoms with van der Waals surface area (Å²) in [5.41, 5.74) is 4.30. The lowest BCUT2D eigenvalue weighted by molar-refractivity contribution is 0.114. The summed E-state index contributed by atoms with van der Waals surface area (Å²) in [6.45, 7) is 4.46. The number of nitrogens with zero attached hydrogens (tertiary/aromatic N) is 1. The summed E-state index contributed by atoms with van der Waals surface area (Å²) in [4.78, 5) is 2.25. The van der Waals surface area contributed by atoms with E-state index in [0.717, 1.165) is 6.42 Å². The number of rotatable bonds is 5. The van der Waals surface area contributed by atoms with Crippen molar-refractivity contribution in [2.45, 2.75) is 31.8 Å². The van der Waals surface area contributed by atoms with Crippen LogP contribution in [-0.2, 0) is 0 Å². The molecule has 1 heterocycles. The number of hydrogen-bond donors (Lipinski definition) is 2. The lowest BCUT2D eigenvalue weighted by Gasteiger charge is -2.42. The highest BCUT2D eigenvalue weighted by molar-refractivity contribution is 7.17. The van der Waals surface area contributed by atoms with Crippen molar-refractivity contribution in [1.29, 1.82) is 0 Å². The van der Waals surface area contributed by atoms with Gasteiger partial charge in [-0.25, -0.2) is 0 Å². The van der Waals surface area contributed by atoms with Crippen LogP contribution in [0.4, 0.5) is 0 Å². The number of thiophene rings is 1. The van der Waals surface area contributed by atoms with E-state index in [2.05, 4.69) is 67.9 Å². The molecule has 2 atom stereocenters. The molecule has 3 N–H and O–H groups in total. The van der Waals surface area contributed by atoms with E-state index in [1.54, 1.807) is 11.3 Å². The van der Waals surface area contributed by atoms with Gasteiger partial charge in [-0.05, 0) is 49.8 Å². The average molecular weight is 277 g/mol. The molecule has 0 bridgehead atoms. The largest absolute Gasteiger partial charge is 0.302 e. The fourth-order valence-electron chi connectivity index (χ4n) is 2.63. The van der Waals surface area contributed by atoms with Gasteiger partial charge in [0.1, 0.15) is 0 Å². The summed E-state index contributed by atoms with van der Waals surface area (Å²) in [6, 6.07) is 8.72. The minimum atomic E-state index is -0.0208. The Morgan fingerprint density at radius 1 is 1.37 bits per heavy atom. The smallest absolute Gasteiger partial charge is 0.0654 e. The van der Waals surface area contributed by atoms with Crippen molar-refractivity contribution in [2.24, 2.45) is 5.84 Å². The Morgan fingerprint density at radius 3 is 2.68 bits per heavy atom. The van der Waals surface area contributed by atoms with Crippen LogP contribution >= 0.6 is 11.3 Å². The maximum Gasteiger partial charge on any atom is 0.0654 e. The number of fused-ring (bicyclic) bond motifs is 1. The van der Waals surface area contributed by atoms with Gasteiger partial charge in [-0.2, -0.15) is 0 Å². The molecule has 0 aliphatic carbocycles. The maximum atomic E-state index is 5.89. The molecule has 0 aliphatic heterocycles. The van der Waals surface area contributed by atoms with Gasteiger partial charge in [-0.3, -0.25) is 11.3 Å². The van der Waals surface area contributed by atoms with E-state index in [4.69, 9.17) is 5.84 Å². The van der Waals surface area contributed by atoms with Gasteiger partial charge in [-0.1, -0.05) is 25.1 Å². The molecule has 0 saturated carbocycles. The summed E-state index contributed by atoms with van der Waals surface area (Å²) in [5.74, 6) is 5.89. The Kier molecular flexibility index (Phi) is 4.26. The minimum Gasteiger partial charge on any atom is -0.302 e. The van der Waals surface area contributed by atoms with E-state index < -0.39 is 0 Å². The summed E-state index contributed by atoms with van der Waals surface area (Å²) in [6.07, 6.45) is 1.02. The predicted octanol–water partition coefficient (Wildman–Crippen LogP) is 3.14. The van der Waals surface area contributed by atoms with Crippen LogP contribution in [0.25, 0.3) is 10.1 Å². The van der Waals surface area contributed by atoms with Crippen molar-refractivity contribution in [2.75, 3.05) is 14.1 Å². The van der Waals surface area contributed by atoms with Gasteiger partial charge in [0.2, 0.25) is 0 Å². The molecule has 19 heavy (non-hydrogen) atoms. The van der Waals surface area contributed by atoms with Gasteiger partial charge >= 0.3 is 0 Å². The van der Waals surface area contributed by atoms with E-state index >= 15 is 0 Å². The third-order valence-corrected chi connectivity index (χ3v) is 5.33. The van der Waals surface area contributed by atoms with Crippen molar-refractivity contribution in [3.8, 4) is 0 Å². The molecular weight excluding hydrogens is 254 g/mol. The van der Waals surface area contributed by atoms with Crippen LogP contribution in [0.1, 0.15) is 31.9 Å². The summed E-state index contributed by atoms with van der Waals surface area (Å²) in [7, 11) is 4.23. The lowest BCUT2D eigenvalue weighted by Crippen LogP contribution is -2.53. The molecular formula is C15H23N3S. The number of hydrazine groups is 1. The normalized spacial score (nSPS) is 16.7. The van der Waals surface area contributed by atoms with Crippen LogP contribution in [0.15, 0.2) is 29.6 Å². The molecule has 0 fully saturated rings. The zero-order valence-electron chi connectivity index (χ0n) is 12.1. The van der Waals surface area contributed by atoms with E-state index in [1.165, 1.54) is 15.6 Å². The molecule has 0 spiro atoms. The fraction of sp³-hybridized carbons (Fsp3) is 0.467. The molecule has 0 aliphatic rings. The second kappa shape index (κ2) is 5.59. The van der Waals surface area contributed by atoms with Gasteiger partial charge < -0.3 is 4.90 Å². The molecule has 104 valence electrons. The van der Waals surface area contributed by atoms with Gasteiger partial charge in [0.25, 0.3) is 0 Å². The topological polar surface area (TPSA) is 41.3 Å². The molecule has 3 nitrogen and oxygen atoms in total. The summed E-state index contributed by atoms with van der Waals surface area (Å²) >= 11 is 1.78. The van der Waals surface area contributed by atoms with Crippen molar-refractivity contribution < 1.29 is 0 Å².